The maximum absolute atomic E-state index is 4.41. The van der Waals surface area contributed by atoms with E-state index >= 15 is 0 Å². The fourth-order valence-electron chi connectivity index (χ4n) is 2.84. The molecule has 0 N–H and O–H groups in total. The van der Waals surface area contributed by atoms with Crippen LogP contribution in [0.3, 0.4) is 0 Å². The lowest BCUT2D eigenvalue weighted by atomic mass is 9.87. The molecule has 118 valence electrons. The first-order valence-electron chi connectivity index (χ1n) is 7.98. The Bertz CT molecular complexity index is 576. The van der Waals surface area contributed by atoms with Gasteiger partial charge < -0.3 is 4.90 Å². The summed E-state index contributed by atoms with van der Waals surface area (Å²) in [4.78, 5) is 9.34. The molecule has 4 heteroatoms. The molecule has 1 saturated heterocycles. The number of thiazole rings is 1. The molecule has 3 nitrogen and oxygen atoms in total. The predicted octanol–water partition coefficient (Wildman–Crippen LogP) is 3.76. The quantitative estimate of drug-likeness (QED) is 0.859. The van der Waals surface area contributed by atoms with Crippen molar-refractivity contribution in [1.82, 2.24) is 9.88 Å². The largest absolute Gasteiger partial charge is 0.346 e. The second kappa shape index (κ2) is 6.39. The van der Waals surface area contributed by atoms with Crippen LogP contribution < -0.4 is 4.90 Å². The third-order valence-electron chi connectivity index (χ3n) is 4.29. The van der Waals surface area contributed by atoms with Gasteiger partial charge in [-0.15, -0.1) is 11.3 Å². The van der Waals surface area contributed by atoms with Gasteiger partial charge >= 0.3 is 0 Å². The zero-order valence-electron chi connectivity index (χ0n) is 13.7. The molecule has 2 heterocycles. The Morgan fingerprint density at radius 3 is 2.27 bits per heavy atom. The highest BCUT2D eigenvalue weighted by molar-refractivity contribution is 7.13. The van der Waals surface area contributed by atoms with Crippen molar-refractivity contribution in [2.45, 2.75) is 32.7 Å². The van der Waals surface area contributed by atoms with Gasteiger partial charge in [0.25, 0.3) is 0 Å². The highest BCUT2D eigenvalue weighted by Crippen LogP contribution is 2.23. The normalized spacial score (nSPS) is 17.0. The highest BCUT2D eigenvalue weighted by Gasteiger charge is 2.19. The van der Waals surface area contributed by atoms with E-state index in [1.54, 1.807) is 11.3 Å². The van der Waals surface area contributed by atoms with Crippen molar-refractivity contribution in [2.75, 3.05) is 31.1 Å². The van der Waals surface area contributed by atoms with Gasteiger partial charge in [-0.25, -0.2) is 4.98 Å². The average molecular weight is 315 g/mol. The first-order chi connectivity index (χ1) is 10.5. The first kappa shape index (κ1) is 15.5. The van der Waals surface area contributed by atoms with E-state index in [9.17, 15) is 0 Å². The van der Waals surface area contributed by atoms with Crippen LogP contribution in [-0.4, -0.2) is 36.1 Å². The van der Waals surface area contributed by atoms with Gasteiger partial charge in [0.05, 0.1) is 0 Å². The van der Waals surface area contributed by atoms with Crippen molar-refractivity contribution in [3.05, 3.63) is 47.0 Å². The van der Waals surface area contributed by atoms with Gasteiger partial charge in [-0.05, 0) is 16.5 Å². The average Bonchev–Trinajstić information content (AvgIpc) is 3.02. The zero-order valence-corrected chi connectivity index (χ0v) is 14.6. The molecule has 0 amide bonds. The number of aromatic nitrogens is 1. The minimum atomic E-state index is 0.234. The van der Waals surface area contributed by atoms with Gasteiger partial charge in [-0.3, -0.25) is 4.90 Å². The summed E-state index contributed by atoms with van der Waals surface area (Å²) in [5, 5.41) is 3.22. The molecule has 1 aliphatic heterocycles. The summed E-state index contributed by atoms with van der Waals surface area (Å²) in [6.07, 6.45) is 1.89. The Morgan fingerprint density at radius 1 is 1.05 bits per heavy atom. The van der Waals surface area contributed by atoms with Gasteiger partial charge in [0, 0.05) is 44.3 Å². The van der Waals surface area contributed by atoms with Crippen molar-refractivity contribution in [3.63, 3.8) is 0 Å². The minimum absolute atomic E-state index is 0.234. The van der Waals surface area contributed by atoms with Crippen molar-refractivity contribution in [1.29, 1.82) is 0 Å². The van der Waals surface area contributed by atoms with Gasteiger partial charge in [0.15, 0.2) is 5.13 Å². The van der Waals surface area contributed by atoms with E-state index in [1.807, 2.05) is 6.20 Å². The van der Waals surface area contributed by atoms with E-state index in [1.165, 1.54) is 11.1 Å². The zero-order chi connectivity index (χ0) is 15.6. The lowest BCUT2D eigenvalue weighted by Gasteiger charge is -2.34. The summed E-state index contributed by atoms with van der Waals surface area (Å²) in [5.74, 6) is 0. The fourth-order valence-corrected chi connectivity index (χ4v) is 3.53. The van der Waals surface area contributed by atoms with Crippen molar-refractivity contribution in [3.8, 4) is 0 Å². The molecular weight excluding hydrogens is 290 g/mol. The maximum Gasteiger partial charge on any atom is 0.185 e. The highest BCUT2D eigenvalue weighted by atomic mass is 32.1. The van der Waals surface area contributed by atoms with Crippen LogP contribution in [0.2, 0.25) is 0 Å². The van der Waals surface area contributed by atoms with E-state index in [2.05, 4.69) is 65.2 Å². The molecule has 1 aliphatic rings. The molecule has 0 spiro atoms. The molecule has 0 radical (unpaired) electrons. The summed E-state index contributed by atoms with van der Waals surface area (Å²) in [6.45, 7) is 12.2. The molecule has 1 aromatic carbocycles. The van der Waals surface area contributed by atoms with Crippen LogP contribution >= 0.6 is 11.3 Å². The van der Waals surface area contributed by atoms with Crippen LogP contribution in [0.1, 0.15) is 31.9 Å². The van der Waals surface area contributed by atoms with Crippen LogP contribution in [-0.2, 0) is 12.0 Å². The van der Waals surface area contributed by atoms with Crippen LogP contribution in [0.25, 0.3) is 0 Å². The molecule has 1 fully saturated rings. The van der Waals surface area contributed by atoms with E-state index in [0.717, 1.165) is 37.9 Å². The number of rotatable bonds is 3. The number of anilines is 1. The first-order valence-corrected chi connectivity index (χ1v) is 8.86. The topological polar surface area (TPSA) is 19.4 Å². The Labute approximate surface area is 137 Å². The molecule has 0 saturated carbocycles. The van der Waals surface area contributed by atoms with Crippen LogP contribution in [0.15, 0.2) is 35.8 Å². The van der Waals surface area contributed by atoms with Crippen molar-refractivity contribution < 1.29 is 0 Å². The maximum atomic E-state index is 4.41. The Balaban J connectivity index is 1.54. The molecule has 0 atom stereocenters. The molecule has 1 aromatic heterocycles. The number of nitrogens with zero attached hydrogens (tertiary/aromatic N) is 3. The smallest absolute Gasteiger partial charge is 0.185 e. The third kappa shape index (κ3) is 3.68. The van der Waals surface area contributed by atoms with E-state index < -0.39 is 0 Å². The Morgan fingerprint density at radius 2 is 1.73 bits per heavy atom. The molecule has 0 aliphatic carbocycles. The van der Waals surface area contributed by atoms with Gasteiger partial charge in [-0.1, -0.05) is 45.0 Å². The molecule has 0 unspecified atom stereocenters. The lowest BCUT2D eigenvalue weighted by molar-refractivity contribution is 0.250. The van der Waals surface area contributed by atoms with Gasteiger partial charge in [-0.2, -0.15) is 0 Å². The van der Waals surface area contributed by atoms with Crippen molar-refractivity contribution >= 4 is 16.5 Å². The number of hydrogen-bond donors (Lipinski definition) is 0. The Kier molecular flexibility index (Phi) is 4.50. The molecule has 0 bridgehead atoms. The molecule has 3 rings (SSSR count). The standard InChI is InChI=1S/C18H25N3S/c1-18(2,3)16-6-4-15(5-7-16)14-20-9-11-21(12-10-20)17-19-8-13-22-17/h4-8,13H,9-12,14H2,1-3H3. The summed E-state index contributed by atoms with van der Waals surface area (Å²) < 4.78 is 0. The third-order valence-corrected chi connectivity index (χ3v) is 5.12. The molecular formula is C18H25N3S. The summed E-state index contributed by atoms with van der Waals surface area (Å²) in [6, 6.07) is 9.13. The van der Waals surface area contributed by atoms with E-state index in [4.69, 9.17) is 0 Å². The second-order valence-corrected chi connectivity index (χ2v) is 7.90. The second-order valence-electron chi connectivity index (χ2n) is 7.02. The molecule has 22 heavy (non-hydrogen) atoms. The number of hydrogen-bond acceptors (Lipinski definition) is 4. The monoisotopic (exact) mass is 315 g/mol. The Hall–Kier alpha value is -1.39. The van der Waals surface area contributed by atoms with Crippen LogP contribution in [0, 0.1) is 0 Å². The van der Waals surface area contributed by atoms with Crippen molar-refractivity contribution in [2.24, 2.45) is 0 Å². The number of benzene rings is 1. The van der Waals surface area contributed by atoms with E-state index in [-0.39, 0.29) is 5.41 Å². The summed E-state index contributed by atoms with van der Waals surface area (Å²) in [5.41, 5.74) is 3.05. The summed E-state index contributed by atoms with van der Waals surface area (Å²) in [7, 11) is 0. The van der Waals surface area contributed by atoms with Crippen LogP contribution in [0.5, 0.6) is 0 Å². The van der Waals surface area contributed by atoms with Gasteiger partial charge in [0.2, 0.25) is 0 Å². The van der Waals surface area contributed by atoms with E-state index in [0.29, 0.717) is 0 Å². The summed E-state index contributed by atoms with van der Waals surface area (Å²) >= 11 is 1.73. The van der Waals surface area contributed by atoms with Gasteiger partial charge in [0.1, 0.15) is 0 Å². The van der Waals surface area contributed by atoms with Crippen LogP contribution in [0.4, 0.5) is 5.13 Å². The SMILES string of the molecule is CC(C)(C)c1ccc(CN2CCN(c3nccs3)CC2)cc1. The predicted molar refractivity (Wildman–Crippen MR) is 94.7 cm³/mol. The molecule has 2 aromatic rings. The minimum Gasteiger partial charge on any atom is -0.346 e. The lowest BCUT2D eigenvalue weighted by Crippen LogP contribution is -2.45. The fraction of sp³-hybridized carbons (Fsp3) is 0.500. The number of piperazine rings is 1.